The molecular weight excluding hydrogens is 727 g/mol. The molecule has 60 heavy (non-hydrogen) atoms. The van der Waals surface area contributed by atoms with Crippen LogP contribution < -0.4 is 4.90 Å². The minimum atomic E-state index is -0.572. The van der Waals surface area contributed by atoms with Gasteiger partial charge in [0.1, 0.15) is 11.2 Å². The highest BCUT2D eigenvalue weighted by Crippen LogP contribution is 2.58. The Hall–Kier alpha value is -7.42. The number of benzene rings is 9. The minimum Gasteiger partial charge on any atom is -0.455 e. The van der Waals surface area contributed by atoms with E-state index in [1.54, 1.807) is 0 Å². The molecule has 2 aliphatic carbocycles. The summed E-state index contributed by atoms with van der Waals surface area (Å²) in [6.45, 7) is 4.72. The molecule has 1 heterocycles. The van der Waals surface area contributed by atoms with Gasteiger partial charge in [-0.3, -0.25) is 0 Å². The van der Waals surface area contributed by atoms with Gasteiger partial charge in [0.2, 0.25) is 0 Å². The molecular formula is C58H41NO. The molecule has 0 amide bonds. The molecule has 0 saturated heterocycles. The number of hydrogen-bond donors (Lipinski definition) is 0. The van der Waals surface area contributed by atoms with Gasteiger partial charge in [-0.1, -0.05) is 184 Å². The Morgan fingerprint density at radius 3 is 1.65 bits per heavy atom. The van der Waals surface area contributed by atoms with E-state index in [1.165, 1.54) is 55.6 Å². The fourth-order valence-electron chi connectivity index (χ4n) is 10.6. The van der Waals surface area contributed by atoms with Crippen LogP contribution in [0.1, 0.15) is 47.2 Å². The predicted octanol–water partition coefficient (Wildman–Crippen LogP) is 15.4. The SMILES string of the molecule is CC1(C)c2ccccc2-c2ccc(N(c3ccccc3)c3ccc4c(c3)C(c3ccccc3)(c3ccc(-c5cccc6c5oc5ccccc56)cc3)c3ccccc3-4)cc21. The Balaban J connectivity index is 1.06. The van der Waals surface area contributed by atoms with E-state index in [-0.39, 0.29) is 5.41 Å². The van der Waals surface area contributed by atoms with Gasteiger partial charge in [0.05, 0.1) is 5.41 Å². The standard InChI is InChI=1S/C58H41NO/c1-57(2)51-25-12-9-20-45(51)47-34-32-42(36-53(47)57)59(41-18-7-4-8-19-41)43-33-35-48-46-21-10-13-26-52(46)58(54(48)37-43,39-16-5-3-6-17-39)40-30-28-38(29-31-40)44-23-15-24-50-49-22-11-14-27-55(49)60-56(44)50/h3-37H,1-2H3. The number of furan rings is 1. The topological polar surface area (TPSA) is 16.4 Å². The number of rotatable bonds is 6. The normalized spacial score (nSPS) is 15.7. The largest absolute Gasteiger partial charge is 0.455 e. The third-order valence-corrected chi connectivity index (χ3v) is 13.4. The van der Waals surface area contributed by atoms with Crippen molar-refractivity contribution in [1.29, 1.82) is 0 Å². The van der Waals surface area contributed by atoms with E-state index < -0.39 is 5.41 Å². The van der Waals surface area contributed by atoms with Crippen LogP contribution in [-0.2, 0) is 10.8 Å². The lowest BCUT2D eigenvalue weighted by atomic mass is 9.67. The molecule has 2 heteroatoms. The number of hydrogen-bond acceptors (Lipinski definition) is 2. The van der Waals surface area contributed by atoms with Gasteiger partial charge >= 0.3 is 0 Å². The zero-order valence-electron chi connectivity index (χ0n) is 33.6. The van der Waals surface area contributed by atoms with Crippen molar-refractivity contribution in [3.8, 4) is 33.4 Å². The van der Waals surface area contributed by atoms with Gasteiger partial charge in [-0.15, -0.1) is 0 Å². The molecule has 2 aliphatic rings. The summed E-state index contributed by atoms with van der Waals surface area (Å²) < 4.78 is 6.51. The number of para-hydroxylation sites is 3. The van der Waals surface area contributed by atoms with Crippen molar-refractivity contribution in [3.63, 3.8) is 0 Å². The second-order valence-electron chi connectivity index (χ2n) is 16.8. The molecule has 1 unspecified atom stereocenters. The van der Waals surface area contributed by atoms with Crippen molar-refractivity contribution < 1.29 is 4.42 Å². The molecule has 0 bridgehead atoms. The molecule has 12 rings (SSSR count). The summed E-state index contributed by atoms with van der Waals surface area (Å²) in [5, 5.41) is 2.28. The fourth-order valence-corrected chi connectivity index (χ4v) is 10.6. The zero-order valence-corrected chi connectivity index (χ0v) is 33.6. The molecule has 0 saturated carbocycles. The lowest BCUT2D eigenvalue weighted by Crippen LogP contribution is -2.28. The van der Waals surface area contributed by atoms with E-state index >= 15 is 0 Å². The molecule has 2 nitrogen and oxygen atoms in total. The highest BCUT2D eigenvalue weighted by Gasteiger charge is 2.46. The first kappa shape index (κ1) is 34.6. The van der Waals surface area contributed by atoms with E-state index in [0.717, 1.165) is 50.1 Å². The molecule has 1 aromatic heterocycles. The molecule has 0 N–H and O–H groups in total. The summed E-state index contributed by atoms with van der Waals surface area (Å²) in [5.41, 5.74) is 19.7. The summed E-state index contributed by atoms with van der Waals surface area (Å²) in [5.74, 6) is 0. The zero-order chi connectivity index (χ0) is 40.0. The summed E-state index contributed by atoms with van der Waals surface area (Å²) in [7, 11) is 0. The number of anilines is 3. The summed E-state index contributed by atoms with van der Waals surface area (Å²) in [6.07, 6.45) is 0. The molecule has 9 aromatic carbocycles. The average molecular weight is 768 g/mol. The van der Waals surface area contributed by atoms with Gasteiger partial charge < -0.3 is 9.32 Å². The van der Waals surface area contributed by atoms with Crippen molar-refractivity contribution in [2.75, 3.05) is 4.90 Å². The number of nitrogens with zero attached hydrogens (tertiary/aromatic N) is 1. The first-order valence-electron chi connectivity index (χ1n) is 20.9. The van der Waals surface area contributed by atoms with Crippen LogP contribution in [0.2, 0.25) is 0 Å². The smallest absolute Gasteiger partial charge is 0.143 e. The van der Waals surface area contributed by atoms with E-state index in [9.17, 15) is 0 Å². The second-order valence-corrected chi connectivity index (χ2v) is 16.8. The van der Waals surface area contributed by atoms with Crippen LogP contribution in [0.3, 0.4) is 0 Å². The van der Waals surface area contributed by atoms with Gasteiger partial charge in [-0.25, -0.2) is 0 Å². The molecule has 10 aromatic rings. The fraction of sp³-hybridized carbons (Fsp3) is 0.0690. The maximum absolute atomic E-state index is 6.51. The van der Waals surface area contributed by atoms with Gasteiger partial charge in [-0.05, 0) is 104 Å². The van der Waals surface area contributed by atoms with Crippen molar-refractivity contribution in [2.24, 2.45) is 0 Å². The Bertz CT molecular complexity index is 3280. The van der Waals surface area contributed by atoms with Gasteiger partial charge in [0, 0.05) is 38.8 Å². The Kier molecular flexibility index (Phi) is 7.52. The highest BCUT2D eigenvalue weighted by atomic mass is 16.3. The monoisotopic (exact) mass is 767 g/mol. The first-order valence-corrected chi connectivity index (χ1v) is 20.9. The molecule has 0 spiro atoms. The molecule has 0 radical (unpaired) electrons. The third-order valence-electron chi connectivity index (χ3n) is 13.4. The van der Waals surface area contributed by atoms with E-state index in [2.05, 4.69) is 225 Å². The third kappa shape index (κ3) is 4.88. The van der Waals surface area contributed by atoms with Crippen LogP contribution in [0, 0.1) is 0 Å². The van der Waals surface area contributed by atoms with Crippen molar-refractivity contribution in [1.82, 2.24) is 0 Å². The van der Waals surface area contributed by atoms with Crippen molar-refractivity contribution >= 4 is 39.0 Å². The molecule has 0 aliphatic heterocycles. The molecule has 1 atom stereocenters. The van der Waals surface area contributed by atoms with E-state index in [1.807, 2.05) is 6.07 Å². The van der Waals surface area contributed by atoms with Crippen molar-refractivity contribution in [2.45, 2.75) is 24.7 Å². The summed E-state index contributed by atoms with van der Waals surface area (Å²) >= 11 is 0. The van der Waals surface area contributed by atoms with Gasteiger partial charge in [0.25, 0.3) is 0 Å². The minimum absolute atomic E-state index is 0.117. The maximum Gasteiger partial charge on any atom is 0.143 e. The van der Waals surface area contributed by atoms with E-state index in [4.69, 9.17) is 4.42 Å². The van der Waals surface area contributed by atoms with E-state index in [0.29, 0.717) is 0 Å². The lowest BCUT2D eigenvalue weighted by Gasteiger charge is -2.35. The van der Waals surface area contributed by atoms with Gasteiger partial charge in [0.15, 0.2) is 0 Å². The quantitative estimate of drug-likeness (QED) is 0.168. The van der Waals surface area contributed by atoms with Crippen LogP contribution in [0.4, 0.5) is 17.1 Å². The van der Waals surface area contributed by atoms with Crippen LogP contribution in [0.25, 0.3) is 55.3 Å². The Labute approximate surface area is 350 Å². The van der Waals surface area contributed by atoms with Gasteiger partial charge in [-0.2, -0.15) is 0 Å². The molecule has 0 fully saturated rings. The lowest BCUT2D eigenvalue weighted by molar-refractivity contribution is 0.660. The number of fused-ring (bicyclic) bond motifs is 9. The van der Waals surface area contributed by atoms with Crippen LogP contribution in [0.15, 0.2) is 217 Å². The maximum atomic E-state index is 6.51. The Morgan fingerprint density at radius 2 is 0.900 bits per heavy atom. The molecule has 284 valence electrons. The van der Waals surface area contributed by atoms with Crippen LogP contribution >= 0.6 is 0 Å². The highest BCUT2D eigenvalue weighted by molar-refractivity contribution is 6.09. The predicted molar refractivity (Wildman–Crippen MR) is 249 cm³/mol. The average Bonchev–Trinajstić information content (AvgIpc) is 3.91. The van der Waals surface area contributed by atoms with Crippen LogP contribution in [-0.4, -0.2) is 0 Å². The Morgan fingerprint density at radius 1 is 0.367 bits per heavy atom. The first-order chi connectivity index (χ1) is 29.5. The second kappa shape index (κ2) is 13.0. The summed E-state index contributed by atoms with van der Waals surface area (Å²) in [4.78, 5) is 2.44. The van der Waals surface area contributed by atoms with Crippen molar-refractivity contribution in [3.05, 3.63) is 246 Å². The summed E-state index contributed by atoms with van der Waals surface area (Å²) in [6, 6.07) is 78.0. The van der Waals surface area contributed by atoms with Crippen LogP contribution in [0.5, 0.6) is 0 Å².